The molecule has 2 fully saturated rings. The molecule has 7 heteroatoms. The molecule has 3 atom stereocenters. The average molecular weight is 292 g/mol. The predicted molar refractivity (Wildman–Crippen MR) is 75.9 cm³/mol. The first-order valence-corrected chi connectivity index (χ1v) is 7.37. The third-order valence-electron chi connectivity index (χ3n) is 4.56. The van der Waals surface area contributed by atoms with Crippen LogP contribution in [0.25, 0.3) is 0 Å². The van der Waals surface area contributed by atoms with Gasteiger partial charge in [-0.2, -0.15) is 5.10 Å². The molecule has 2 aliphatic rings. The molecule has 3 unspecified atom stereocenters. The number of hydrogen-bond acceptors (Lipinski definition) is 3. The van der Waals surface area contributed by atoms with E-state index in [2.05, 4.69) is 10.4 Å². The van der Waals surface area contributed by atoms with Gasteiger partial charge in [-0.25, -0.2) is 9.59 Å². The van der Waals surface area contributed by atoms with Crippen LogP contribution in [-0.2, 0) is 11.8 Å². The highest BCUT2D eigenvalue weighted by Gasteiger charge is 2.47. The Bertz CT molecular complexity index is 556. The van der Waals surface area contributed by atoms with Gasteiger partial charge in [0, 0.05) is 19.3 Å². The lowest BCUT2D eigenvalue weighted by Gasteiger charge is -2.32. The number of fused-ring (bicyclic) bond motifs is 1. The van der Waals surface area contributed by atoms with Crippen molar-refractivity contribution in [3.8, 4) is 0 Å². The molecular weight excluding hydrogens is 272 g/mol. The Morgan fingerprint density at radius 3 is 2.81 bits per heavy atom. The summed E-state index contributed by atoms with van der Waals surface area (Å²) in [5, 5.41) is 16.2. The molecule has 1 aromatic heterocycles. The van der Waals surface area contributed by atoms with Crippen molar-refractivity contribution in [1.82, 2.24) is 14.7 Å². The van der Waals surface area contributed by atoms with E-state index in [1.165, 1.54) is 0 Å². The molecule has 0 spiro atoms. The van der Waals surface area contributed by atoms with E-state index in [1.807, 2.05) is 0 Å². The molecule has 0 bridgehead atoms. The number of amides is 2. The Hall–Kier alpha value is -2.05. The number of aromatic nitrogens is 2. The summed E-state index contributed by atoms with van der Waals surface area (Å²) in [6.07, 6.45) is 7.93. The molecule has 2 amide bonds. The van der Waals surface area contributed by atoms with E-state index in [0.717, 1.165) is 25.7 Å². The van der Waals surface area contributed by atoms with Crippen LogP contribution in [0.1, 0.15) is 32.1 Å². The normalized spacial score (nSPS) is 28.2. The Balaban J connectivity index is 1.79. The van der Waals surface area contributed by atoms with E-state index in [4.69, 9.17) is 0 Å². The fourth-order valence-corrected chi connectivity index (χ4v) is 3.65. The van der Waals surface area contributed by atoms with Crippen LogP contribution >= 0.6 is 0 Å². The van der Waals surface area contributed by atoms with Crippen molar-refractivity contribution in [2.24, 2.45) is 13.0 Å². The standard InChI is InChI=1S/C14H20N4O3/c1-17-8-10(7-15-17)16-14(21)18-11-5-3-2-4-9(11)6-12(18)13(19)20/h7-9,11-12H,2-6H2,1H3,(H,16,21)(H,19,20). The number of likely N-dealkylation sites (tertiary alicyclic amines) is 1. The Labute approximate surface area is 122 Å². The molecule has 21 heavy (non-hydrogen) atoms. The number of carboxylic acid groups (broad SMARTS) is 1. The minimum absolute atomic E-state index is 0.0523. The summed E-state index contributed by atoms with van der Waals surface area (Å²) in [5.41, 5.74) is 0.589. The molecule has 1 saturated carbocycles. The SMILES string of the molecule is Cn1cc(NC(=O)N2C(C(=O)O)CC3CCCCC32)cn1. The van der Waals surface area contributed by atoms with E-state index >= 15 is 0 Å². The maximum Gasteiger partial charge on any atom is 0.326 e. The van der Waals surface area contributed by atoms with E-state index in [-0.39, 0.29) is 12.1 Å². The van der Waals surface area contributed by atoms with Crippen LogP contribution in [0.15, 0.2) is 12.4 Å². The number of carbonyl (C=O) groups excluding carboxylic acids is 1. The Kier molecular flexibility index (Phi) is 3.57. The summed E-state index contributed by atoms with van der Waals surface area (Å²) in [7, 11) is 1.77. The van der Waals surface area contributed by atoms with Gasteiger partial charge >= 0.3 is 12.0 Å². The van der Waals surface area contributed by atoms with Crippen molar-refractivity contribution in [3.05, 3.63) is 12.4 Å². The van der Waals surface area contributed by atoms with Gasteiger partial charge in [0.1, 0.15) is 6.04 Å². The van der Waals surface area contributed by atoms with E-state index in [9.17, 15) is 14.7 Å². The van der Waals surface area contributed by atoms with Crippen LogP contribution in [0.5, 0.6) is 0 Å². The van der Waals surface area contributed by atoms with Crippen molar-refractivity contribution in [2.45, 2.75) is 44.2 Å². The topological polar surface area (TPSA) is 87.5 Å². The van der Waals surface area contributed by atoms with Crippen molar-refractivity contribution >= 4 is 17.7 Å². The molecule has 1 aliphatic carbocycles. The molecule has 3 rings (SSSR count). The van der Waals surface area contributed by atoms with Crippen molar-refractivity contribution < 1.29 is 14.7 Å². The smallest absolute Gasteiger partial charge is 0.326 e. The summed E-state index contributed by atoms with van der Waals surface area (Å²) in [6, 6.07) is -0.990. The number of aliphatic carboxylic acids is 1. The first-order valence-electron chi connectivity index (χ1n) is 7.37. The molecule has 0 radical (unpaired) electrons. The molecular formula is C14H20N4O3. The van der Waals surface area contributed by atoms with Gasteiger partial charge in [-0.1, -0.05) is 12.8 Å². The van der Waals surface area contributed by atoms with Crippen LogP contribution in [0.3, 0.4) is 0 Å². The minimum Gasteiger partial charge on any atom is -0.480 e. The van der Waals surface area contributed by atoms with Gasteiger partial charge in [0.15, 0.2) is 0 Å². The van der Waals surface area contributed by atoms with E-state index in [1.54, 1.807) is 29.0 Å². The third kappa shape index (κ3) is 2.59. The number of hydrogen-bond donors (Lipinski definition) is 2. The number of urea groups is 1. The first-order chi connectivity index (χ1) is 10.1. The molecule has 2 N–H and O–H groups in total. The zero-order chi connectivity index (χ0) is 15.0. The second-order valence-electron chi connectivity index (χ2n) is 5.94. The van der Waals surface area contributed by atoms with Crippen molar-refractivity contribution in [1.29, 1.82) is 0 Å². The van der Waals surface area contributed by atoms with Gasteiger partial charge in [-0.3, -0.25) is 4.68 Å². The van der Waals surface area contributed by atoms with Crippen molar-refractivity contribution in [2.75, 3.05) is 5.32 Å². The molecule has 1 aromatic rings. The van der Waals surface area contributed by atoms with Crippen LogP contribution in [0.4, 0.5) is 10.5 Å². The van der Waals surface area contributed by atoms with Gasteiger partial charge in [-0.15, -0.1) is 0 Å². The third-order valence-corrected chi connectivity index (χ3v) is 4.56. The zero-order valence-electron chi connectivity index (χ0n) is 12.0. The summed E-state index contributed by atoms with van der Waals surface area (Å²) >= 11 is 0. The highest BCUT2D eigenvalue weighted by atomic mass is 16.4. The summed E-state index contributed by atoms with van der Waals surface area (Å²) in [4.78, 5) is 25.5. The van der Waals surface area contributed by atoms with Crippen molar-refractivity contribution in [3.63, 3.8) is 0 Å². The molecule has 7 nitrogen and oxygen atoms in total. The maximum absolute atomic E-state index is 12.5. The Morgan fingerprint density at radius 1 is 1.38 bits per heavy atom. The molecule has 1 saturated heterocycles. The van der Waals surface area contributed by atoms with Gasteiger partial charge < -0.3 is 15.3 Å². The largest absolute Gasteiger partial charge is 0.480 e. The van der Waals surface area contributed by atoms with E-state index < -0.39 is 12.0 Å². The average Bonchev–Trinajstić information content (AvgIpc) is 3.02. The summed E-state index contributed by atoms with van der Waals surface area (Å²) in [6.45, 7) is 0. The number of carbonyl (C=O) groups is 2. The Morgan fingerprint density at radius 2 is 2.14 bits per heavy atom. The number of aryl methyl sites for hydroxylation is 1. The van der Waals surface area contributed by atoms with Crippen LogP contribution in [0.2, 0.25) is 0 Å². The van der Waals surface area contributed by atoms with E-state index in [0.29, 0.717) is 18.0 Å². The zero-order valence-corrected chi connectivity index (χ0v) is 12.0. The monoisotopic (exact) mass is 292 g/mol. The number of nitrogens with zero attached hydrogens (tertiary/aromatic N) is 3. The van der Waals surface area contributed by atoms with Gasteiger partial charge in [0.05, 0.1) is 11.9 Å². The number of nitrogens with one attached hydrogen (secondary N) is 1. The van der Waals surface area contributed by atoms with Crippen LogP contribution < -0.4 is 5.32 Å². The molecule has 1 aliphatic heterocycles. The fourth-order valence-electron chi connectivity index (χ4n) is 3.65. The molecule has 0 aromatic carbocycles. The maximum atomic E-state index is 12.5. The van der Waals surface area contributed by atoms with Gasteiger partial charge in [-0.05, 0) is 25.2 Å². The second-order valence-corrected chi connectivity index (χ2v) is 5.94. The summed E-state index contributed by atoms with van der Waals surface area (Å²) in [5.74, 6) is -0.592. The minimum atomic E-state index is -0.911. The molecule has 2 heterocycles. The van der Waals surface area contributed by atoms with Crippen LogP contribution in [-0.4, -0.2) is 43.9 Å². The lowest BCUT2D eigenvalue weighted by atomic mass is 9.85. The number of carboxylic acids is 1. The lowest BCUT2D eigenvalue weighted by Crippen LogP contribution is -2.48. The highest BCUT2D eigenvalue weighted by Crippen LogP contribution is 2.40. The molecule has 114 valence electrons. The van der Waals surface area contributed by atoms with Crippen LogP contribution in [0, 0.1) is 5.92 Å². The predicted octanol–water partition coefficient (Wildman–Crippen LogP) is 1.67. The number of anilines is 1. The summed E-state index contributed by atoms with van der Waals surface area (Å²) < 4.78 is 1.59. The number of rotatable bonds is 2. The first kappa shape index (κ1) is 13.9. The quantitative estimate of drug-likeness (QED) is 0.868. The lowest BCUT2D eigenvalue weighted by molar-refractivity contribution is -0.141. The van der Waals surface area contributed by atoms with Gasteiger partial charge in [0.25, 0.3) is 0 Å². The fraction of sp³-hybridized carbons (Fsp3) is 0.643. The highest BCUT2D eigenvalue weighted by molar-refractivity contribution is 5.92. The second kappa shape index (κ2) is 5.38. The van der Waals surface area contributed by atoms with Gasteiger partial charge in [0.2, 0.25) is 0 Å².